The van der Waals surface area contributed by atoms with E-state index in [1.807, 2.05) is 18.7 Å². The van der Waals surface area contributed by atoms with E-state index in [-0.39, 0.29) is 30.1 Å². The van der Waals surface area contributed by atoms with Gasteiger partial charge in [0.2, 0.25) is 0 Å². The lowest BCUT2D eigenvalue weighted by Crippen LogP contribution is -2.54. The summed E-state index contributed by atoms with van der Waals surface area (Å²) in [5, 5.41) is 5.56. The molecule has 6 nitrogen and oxygen atoms in total. The summed E-state index contributed by atoms with van der Waals surface area (Å²) >= 11 is 0. The van der Waals surface area contributed by atoms with E-state index in [0.717, 1.165) is 19.3 Å². The average Bonchev–Trinajstić information content (AvgIpc) is 2.60. The summed E-state index contributed by atoms with van der Waals surface area (Å²) in [6.07, 6.45) is 4.53. The zero-order valence-corrected chi connectivity index (χ0v) is 15.0. The van der Waals surface area contributed by atoms with Gasteiger partial charge in [-0.3, -0.25) is 4.79 Å². The number of rotatable bonds is 3. The Bertz CT molecular complexity index is 630. The maximum atomic E-state index is 13.0. The molecule has 0 spiro atoms. The molecule has 25 heavy (non-hydrogen) atoms. The number of urea groups is 1. The first kappa shape index (κ1) is 17.7. The monoisotopic (exact) mass is 345 g/mol. The molecular weight excluding hydrogens is 318 g/mol. The van der Waals surface area contributed by atoms with Crippen LogP contribution in [0.15, 0.2) is 24.3 Å². The Balaban J connectivity index is 1.71. The molecule has 0 aromatic heterocycles. The Morgan fingerprint density at radius 1 is 1.24 bits per heavy atom. The molecule has 1 aromatic carbocycles. The quantitative estimate of drug-likeness (QED) is 0.885. The lowest BCUT2D eigenvalue weighted by Gasteiger charge is -2.43. The van der Waals surface area contributed by atoms with Gasteiger partial charge in [-0.1, -0.05) is 18.9 Å². The van der Waals surface area contributed by atoms with Crippen LogP contribution in [0.5, 0.6) is 0 Å². The van der Waals surface area contributed by atoms with Crippen molar-refractivity contribution in [3.8, 4) is 0 Å². The minimum absolute atomic E-state index is 0.0214. The van der Waals surface area contributed by atoms with Gasteiger partial charge in [0.05, 0.1) is 18.8 Å². The van der Waals surface area contributed by atoms with Gasteiger partial charge in [0.15, 0.2) is 0 Å². The fraction of sp³-hybridized carbons (Fsp3) is 0.579. The summed E-state index contributed by atoms with van der Waals surface area (Å²) in [5.74, 6) is 0.0214. The molecule has 1 aromatic rings. The summed E-state index contributed by atoms with van der Waals surface area (Å²) in [6.45, 7) is 5.03. The number of carbonyl (C=O) groups is 2. The fourth-order valence-corrected chi connectivity index (χ4v) is 3.67. The van der Waals surface area contributed by atoms with Crippen LogP contribution in [-0.4, -0.2) is 48.2 Å². The standard InChI is InChI=1S/C19H27N3O3/c1-13(2)20-19(24)21-15-7-5-6-14(12-15)18(23)22-10-11-25-17-9-4-3-8-16(17)22/h5-7,12-13,16-17H,3-4,8-11H2,1-2H3,(H2,20,21,24)/t16-,17-/m1/s1. The first-order valence-electron chi connectivity index (χ1n) is 9.15. The van der Waals surface area contributed by atoms with Gasteiger partial charge in [0, 0.05) is 23.8 Å². The molecule has 1 aliphatic carbocycles. The Kier molecular flexibility index (Phi) is 5.58. The molecule has 0 unspecified atom stereocenters. The van der Waals surface area contributed by atoms with E-state index in [2.05, 4.69) is 10.6 Å². The summed E-state index contributed by atoms with van der Waals surface area (Å²) in [7, 11) is 0. The number of fused-ring (bicyclic) bond motifs is 1. The predicted molar refractivity (Wildman–Crippen MR) is 96.8 cm³/mol. The molecule has 1 heterocycles. The number of hydrogen-bond donors (Lipinski definition) is 2. The van der Waals surface area contributed by atoms with Crippen LogP contribution in [0.3, 0.4) is 0 Å². The molecule has 6 heteroatoms. The van der Waals surface area contributed by atoms with Gasteiger partial charge >= 0.3 is 6.03 Å². The number of morpholine rings is 1. The zero-order chi connectivity index (χ0) is 17.8. The van der Waals surface area contributed by atoms with E-state index in [0.29, 0.717) is 24.4 Å². The van der Waals surface area contributed by atoms with Gasteiger partial charge in [0.1, 0.15) is 0 Å². The molecule has 1 saturated carbocycles. The Labute approximate surface area is 148 Å². The smallest absolute Gasteiger partial charge is 0.319 e. The van der Waals surface area contributed by atoms with Crippen molar-refractivity contribution in [2.75, 3.05) is 18.5 Å². The molecule has 2 atom stereocenters. The first-order chi connectivity index (χ1) is 12.0. The van der Waals surface area contributed by atoms with Gasteiger partial charge in [-0.2, -0.15) is 0 Å². The van der Waals surface area contributed by atoms with E-state index < -0.39 is 0 Å². The van der Waals surface area contributed by atoms with Gasteiger partial charge in [-0.05, 0) is 44.9 Å². The summed E-state index contributed by atoms with van der Waals surface area (Å²) in [4.78, 5) is 26.8. The molecule has 1 aliphatic heterocycles. The number of amides is 3. The van der Waals surface area contributed by atoms with E-state index in [1.165, 1.54) is 6.42 Å². The van der Waals surface area contributed by atoms with Crippen molar-refractivity contribution < 1.29 is 14.3 Å². The molecule has 0 radical (unpaired) electrons. The van der Waals surface area contributed by atoms with E-state index in [9.17, 15) is 9.59 Å². The molecule has 3 amide bonds. The highest BCUT2D eigenvalue weighted by Crippen LogP contribution is 2.29. The van der Waals surface area contributed by atoms with Crippen LogP contribution in [-0.2, 0) is 4.74 Å². The molecule has 3 rings (SSSR count). The lowest BCUT2D eigenvalue weighted by molar-refractivity contribution is -0.0752. The molecule has 136 valence electrons. The van der Waals surface area contributed by atoms with Crippen LogP contribution in [0.25, 0.3) is 0 Å². The van der Waals surface area contributed by atoms with Gasteiger partial charge in [-0.15, -0.1) is 0 Å². The highest BCUT2D eigenvalue weighted by Gasteiger charge is 2.36. The third-order valence-corrected chi connectivity index (χ3v) is 4.78. The van der Waals surface area contributed by atoms with Crippen molar-refractivity contribution in [1.29, 1.82) is 0 Å². The van der Waals surface area contributed by atoms with Crippen molar-refractivity contribution in [2.45, 2.75) is 57.7 Å². The van der Waals surface area contributed by atoms with Crippen LogP contribution in [0.2, 0.25) is 0 Å². The summed E-state index contributed by atoms with van der Waals surface area (Å²) in [6, 6.07) is 7.11. The van der Waals surface area contributed by atoms with Gasteiger partial charge in [-0.25, -0.2) is 4.79 Å². The third kappa shape index (κ3) is 4.31. The zero-order valence-electron chi connectivity index (χ0n) is 15.0. The van der Waals surface area contributed by atoms with E-state index in [1.54, 1.807) is 24.3 Å². The average molecular weight is 345 g/mol. The second-order valence-electron chi connectivity index (χ2n) is 7.09. The number of ether oxygens (including phenoxy) is 1. The van der Waals surface area contributed by atoms with Crippen LogP contribution < -0.4 is 10.6 Å². The lowest BCUT2D eigenvalue weighted by atomic mass is 9.89. The number of carbonyl (C=O) groups excluding carboxylic acids is 2. The summed E-state index contributed by atoms with van der Waals surface area (Å²) in [5.41, 5.74) is 1.23. The number of benzene rings is 1. The highest BCUT2D eigenvalue weighted by molar-refractivity contribution is 5.97. The summed E-state index contributed by atoms with van der Waals surface area (Å²) < 4.78 is 5.85. The second kappa shape index (κ2) is 7.87. The third-order valence-electron chi connectivity index (χ3n) is 4.78. The molecule has 2 N–H and O–H groups in total. The van der Waals surface area contributed by atoms with Crippen LogP contribution in [0.1, 0.15) is 49.9 Å². The number of hydrogen-bond acceptors (Lipinski definition) is 3. The Morgan fingerprint density at radius 3 is 2.84 bits per heavy atom. The Hall–Kier alpha value is -2.08. The van der Waals surface area contributed by atoms with Crippen molar-refractivity contribution in [3.05, 3.63) is 29.8 Å². The maximum Gasteiger partial charge on any atom is 0.319 e. The highest BCUT2D eigenvalue weighted by atomic mass is 16.5. The molecular formula is C19H27N3O3. The van der Waals surface area contributed by atoms with E-state index >= 15 is 0 Å². The van der Waals surface area contributed by atoms with Crippen LogP contribution in [0, 0.1) is 0 Å². The molecule has 2 aliphatic rings. The SMILES string of the molecule is CC(C)NC(=O)Nc1cccc(C(=O)N2CCO[C@@H]3CCCC[C@H]32)c1. The number of nitrogens with zero attached hydrogens (tertiary/aromatic N) is 1. The van der Waals surface area contributed by atoms with Gasteiger partial charge < -0.3 is 20.3 Å². The fourth-order valence-electron chi connectivity index (χ4n) is 3.67. The molecule has 1 saturated heterocycles. The van der Waals surface area contributed by atoms with Crippen LogP contribution >= 0.6 is 0 Å². The van der Waals surface area contributed by atoms with Crippen molar-refractivity contribution in [3.63, 3.8) is 0 Å². The normalized spacial score (nSPS) is 23.1. The van der Waals surface area contributed by atoms with Crippen molar-refractivity contribution in [1.82, 2.24) is 10.2 Å². The van der Waals surface area contributed by atoms with E-state index in [4.69, 9.17) is 4.74 Å². The number of anilines is 1. The van der Waals surface area contributed by atoms with Gasteiger partial charge in [0.25, 0.3) is 5.91 Å². The topological polar surface area (TPSA) is 70.7 Å². The van der Waals surface area contributed by atoms with Crippen molar-refractivity contribution in [2.24, 2.45) is 0 Å². The minimum Gasteiger partial charge on any atom is -0.374 e. The van der Waals surface area contributed by atoms with Crippen molar-refractivity contribution >= 4 is 17.6 Å². The Morgan fingerprint density at radius 2 is 2.04 bits per heavy atom. The van der Waals surface area contributed by atoms with Crippen LogP contribution in [0.4, 0.5) is 10.5 Å². The second-order valence-corrected chi connectivity index (χ2v) is 7.09. The molecule has 0 bridgehead atoms. The first-order valence-corrected chi connectivity index (χ1v) is 9.15. The molecule has 2 fully saturated rings. The largest absolute Gasteiger partial charge is 0.374 e. The number of nitrogens with one attached hydrogen (secondary N) is 2. The predicted octanol–water partition coefficient (Wildman–Crippen LogP) is 3.00. The maximum absolute atomic E-state index is 13.0. The minimum atomic E-state index is -0.265.